The van der Waals surface area contributed by atoms with E-state index in [1.165, 1.54) is 29.8 Å². The normalized spacial score (nSPS) is 12.5. The van der Waals surface area contributed by atoms with Gasteiger partial charge in [0.15, 0.2) is 0 Å². The van der Waals surface area contributed by atoms with Crippen LogP contribution in [0.15, 0.2) is 20.6 Å². The molecule has 3 N–H and O–H groups in total. The number of hydrogen-bond donors (Lipinski definition) is 3. The number of nitrogens with one attached hydrogen (secondary N) is 1. The lowest BCUT2D eigenvalue weighted by Crippen LogP contribution is -2.40. The van der Waals surface area contributed by atoms with Crippen LogP contribution in [0.1, 0.15) is 40.5 Å². The molecule has 11 nitrogen and oxygen atoms in total. The lowest BCUT2D eigenvalue weighted by atomic mass is 10.1. The van der Waals surface area contributed by atoms with Gasteiger partial charge in [-0.15, -0.1) is 11.3 Å². The third-order valence-corrected chi connectivity index (χ3v) is 6.57. The molecule has 184 valence electrons. The number of aliphatic hydroxyl groups excluding tert-OH is 2. The molecule has 3 aromatic rings. The molecule has 0 fully saturated rings. The minimum Gasteiger partial charge on any atom is -0.394 e. The van der Waals surface area contributed by atoms with E-state index in [0.29, 0.717) is 21.9 Å². The summed E-state index contributed by atoms with van der Waals surface area (Å²) in [5, 5.41) is 19.1. The summed E-state index contributed by atoms with van der Waals surface area (Å²) in [5.74, 6) is -0.476. The molecule has 0 saturated carbocycles. The number of fused-ring (bicyclic) bond motifs is 1. The van der Waals surface area contributed by atoms with E-state index < -0.39 is 35.4 Å². The Bertz CT molecular complexity index is 1400. The quantitative estimate of drug-likeness (QED) is 0.396. The van der Waals surface area contributed by atoms with Gasteiger partial charge in [-0.2, -0.15) is 0 Å². The van der Waals surface area contributed by atoms with Gasteiger partial charge in [0.25, 0.3) is 17.0 Å². The molecule has 3 rings (SSSR count). The molecule has 0 unspecified atom stereocenters. The van der Waals surface area contributed by atoms with Crippen molar-refractivity contribution in [2.24, 2.45) is 13.0 Å². The number of aryl methyl sites for hydroxylation is 1. The highest BCUT2D eigenvalue weighted by Gasteiger charge is 2.28. The minimum atomic E-state index is -1.16. The van der Waals surface area contributed by atoms with Crippen molar-refractivity contribution in [3.63, 3.8) is 0 Å². The zero-order valence-corrected chi connectivity index (χ0v) is 20.6. The Morgan fingerprint density at radius 3 is 2.59 bits per heavy atom. The summed E-state index contributed by atoms with van der Waals surface area (Å²) in [6.45, 7) is 5.22. The summed E-state index contributed by atoms with van der Waals surface area (Å²) >= 11 is 1.11. The molecular weight excluding hydrogens is 462 g/mol. The van der Waals surface area contributed by atoms with Crippen LogP contribution in [-0.2, 0) is 20.0 Å². The third kappa shape index (κ3) is 4.88. The van der Waals surface area contributed by atoms with Crippen LogP contribution in [0.4, 0.5) is 0 Å². The summed E-state index contributed by atoms with van der Waals surface area (Å²) in [5.41, 5.74) is -0.708. The SMILES string of the molecule is Cc1c[nH]c(=O)c(Cc2sc3c(c2C(=O)N(C)C[C@H](O)CO)c(=O)n(C)c(=O)n3CC(C)C)n1. The van der Waals surface area contributed by atoms with Crippen LogP contribution in [0, 0.1) is 12.8 Å². The molecule has 1 amide bonds. The molecule has 0 bridgehead atoms. The van der Waals surface area contributed by atoms with Crippen molar-refractivity contribution in [1.29, 1.82) is 0 Å². The van der Waals surface area contributed by atoms with E-state index in [9.17, 15) is 29.4 Å². The van der Waals surface area contributed by atoms with Crippen molar-refractivity contribution in [3.8, 4) is 0 Å². The molecule has 34 heavy (non-hydrogen) atoms. The number of thiophene rings is 1. The van der Waals surface area contributed by atoms with Crippen molar-refractivity contribution in [1.82, 2.24) is 24.0 Å². The first-order valence-corrected chi connectivity index (χ1v) is 11.6. The van der Waals surface area contributed by atoms with Gasteiger partial charge in [0.1, 0.15) is 10.5 Å². The van der Waals surface area contributed by atoms with Gasteiger partial charge in [0, 0.05) is 44.7 Å². The van der Waals surface area contributed by atoms with E-state index in [2.05, 4.69) is 9.97 Å². The number of carbonyl (C=O) groups is 1. The molecule has 0 spiro atoms. The fourth-order valence-electron chi connectivity index (χ4n) is 3.72. The average molecular weight is 492 g/mol. The van der Waals surface area contributed by atoms with Crippen LogP contribution < -0.4 is 16.8 Å². The van der Waals surface area contributed by atoms with Gasteiger partial charge in [-0.25, -0.2) is 4.79 Å². The molecule has 0 saturated heterocycles. The zero-order valence-electron chi connectivity index (χ0n) is 19.8. The van der Waals surface area contributed by atoms with Crippen LogP contribution in [0.3, 0.4) is 0 Å². The highest BCUT2D eigenvalue weighted by Crippen LogP contribution is 2.31. The van der Waals surface area contributed by atoms with E-state index in [4.69, 9.17) is 0 Å². The fraction of sp³-hybridized carbons (Fsp3) is 0.500. The lowest BCUT2D eigenvalue weighted by molar-refractivity contribution is 0.0521. The van der Waals surface area contributed by atoms with Gasteiger partial charge in [-0.05, 0) is 12.8 Å². The van der Waals surface area contributed by atoms with Crippen molar-refractivity contribution in [2.75, 3.05) is 20.2 Å². The fourth-order valence-corrected chi connectivity index (χ4v) is 5.01. The molecule has 0 aliphatic rings. The molecule has 12 heteroatoms. The Morgan fingerprint density at radius 1 is 1.29 bits per heavy atom. The van der Waals surface area contributed by atoms with Gasteiger partial charge in [-0.1, -0.05) is 13.8 Å². The first-order chi connectivity index (χ1) is 16.0. The maximum absolute atomic E-state index is 13.5. The number of nitrogens with zero attached hydrogens (tertiary/aromatic N) is 4. The van der Waals surface area contributed by atoms with Crippen molar-refractivity contribution >= 4 is 27.5 Å². The number of amides is 1. The van der Waals surface area contributed by atoms with E-state index in [1.54, 1.807) is 6.92 Å². The van der Waals surface area contributed by atoms with Crippen molar-refractivity contribution in [2.45, 2.75) is 39.8 Å². The summed E-state index contributed by atoms with van der Waals surface area (Å²) in [7, 11) is 2.80. The average Bonchev–Trinajstić information content (AvgIpc) is 3.15. The second kappa shape index (κ2) is 10.0. The second-order valence-corrected chi connectivity index (χ2v) is 9.83. The standard InChI is InChI=1S/C22H29N5O6S/c1-11(2)8-27-21-17(20(32)26(5)22(27)33)16(19(31)25(4)9-13(29)10-28)15(34-21)6-14-18(30)23-7-12(3)24-14/h7,11,13,28-29H,6,8-10H2,1-5H3,(H,23,30)/t13-/m0/s1. The summed E-state index contributed by atoms with van der Waals surface area (Å²) in [6, 6.07) is 0. The van der Waals surface area contributed by atoms with E-state index in [-0.39, 0.29) is 35.5 Å². The maximum atomic E-state index is 13.5. The smallest absolute Gasteiger partial charge is 0.331 e. The molecule has 0 radical (unpaired) electrons. The Morgan fingerprint density at radius 2 is 1.97 bits per heavy atom. The van der Waals surface area contributed by atoms with Gasteiger partial charge in [-0.3, -0.25) is 28.5 Å². The number of aliphatic hydroxyl groups is 2. The highest BCUT2D eigenvalue weighted by atomic mass is 32.1. The predicted octanol–water partition coefficient (Wildman–Crippen LogP) is -0.175. The summed E-state index contributed by atoms with van der Waals surface area (Å²) in [6.07, 6.45) is 0.293. The van der Waals surface area contributed by atoms with Gasteiger partial charge in [0.05, 0.1) is 29.4 Å². The van der Waals surface area contributed by atoms with E-state index in [0.717, 1.165) is 15.9 Å². The molecule has 0 aromatic carbocycles. The molecule has 0 aliphatic carbocycles. The van der Waals surface area contributed by atoms with Crippen LogP contribution in [0.2, 0.25) is 0 Å². The Kier molecular flexibility index (Phi) is 7.54. The molecule has 3 heterocycles. The van der Waals surface area contributed by atoms with Gasteiger partial charge in [0.2, 0.25) is 0 Å². The van der Waals surface area contributed by atoms with E-state index in [1.807, 2.05) is 13.8 Å². The third-order valence-electron chi connectivity index (χ3n) is 5.36. The first-order valence-electron chi connectivity index (χ1n) is 10.8. The van der Waals surface area contributed by atoms with Crippen molar-refractivity contribution in [3.05, 3.63) is 59.2 Å². The number of likely N-dealkylation sites (N-methyl/N-ethyl adjacent to an activating group) is 1. The molecule has 0 aliphatic heterocycles. The highest BCUT2D eigenvalue weighted by molar-refractivity contribution is 7.19. The van der Waals surface area contributed by atoms with Gasteiger partial charge < -0.3 is 20.1 Å². The topological polar surface area (TPSA) is 151 Å². The zero-order chi connectivity index (χ0) is 25.3. The van der Waals surface area contributed by atoms with Crippen LogP contribution in [0.25, 0.3) is 10.2 Å². The first kappa shape index (κ1) is 25.5. The Hall–Kier alpha value is -3.09. The predicted molar refractivity (Wildman–Crippen MR) is 129 cm³/mol. The second-order valence-electron chi connectivity index (χ2n) is 8.75. The Labute approximate surface area is 198 Å². The number of carbonyl (C=O) groups excluding carboxylic acids is 1. The monoisotopic (exact) mass is 491 g/mol. The van der Waals surface area contributed by atoms with Crippen LogP contribution >= 0.6 is 11.3 Å². The van der Waals surface area contributed by atoms with Crippen LogP contribution in [0.5, 0.6) is 0 Å². The molecule has 3 aromatic heterocycles. The molecular formula is C22H29N5O6S. The van der Waals surface area contributed by atoms with Gasteiger partial charge >= 0.3 is 5.69 Å². The minimum absolute atomic E-state index is 0.0210. The van der Waals surface area contributed by atoms with Crippen LogP contribution in [-0.4, -0.2) is 66.4 Å². The van der Waals surface area contributed by atoms with E-state index >= 15 is 0 Å². The summed E-state index contributed by atoms with van der Waals surface area (Å²) < 4.78 is 2.45. The van der Waals surface area contributed by atoms with Crippen molar-refractivity contribution < 1.29 is 15.0 Å². The molecule has 1 atom stereocenters. The maximum Gasteiger partial charge on any atom is 0.331 e. The largest absolute Gasteiger partial charge is 0.394 e. The number of aromatic nitrogens is 4. The number of rotatable bonds is 8. The number of aromatic amines is 1. The number of H-pyrrole nitrogens is 1. The Balaban J connectivity index is 2.34. The lowest BCUT2D eigenvalue weighted by Gasteiger charge is -2.20. The summed E-state index contributed by atoms with van der Waals surface area (Å²) in [4.78, 5) is 60.9. The number of hydrogen-bond acceptors (Lipinski definition) is 8.